The molecule has 0 unspecified atom stereocenters. The highest BCUT2D eigenvalue weighted by Gasteiger charge is 2.30. The number of aromatic nitrogens is 5. The summed E-state index contributed by atoms with van der Waals surface area (Å²) < 4.78 is 3.94. The summed E-state index contributed by atoms with van der Waals surface area (Å²) in [4.78, 5) is 11.6. The molecule has 8 nitrogen and oxygen atoms in total. The maximum atomic E-state index is 5.07. The highest BCUT2D eigenvalue weighted by atomic mass is 15.3. The summed E-state index contributed by atoms with van der Waals surface area (Å²) >= 11 is 0. The Morgan fingerprint density at radius 3 is 2.51 bits per heavy atom. The number of nitrogens with zero attached hydrogens (tertiary/aromatic N) is 7. The van der Waals surface area contributed by atoms with E-state index in [4.69, 9.17) is 10.2 Å². The Balaban J connectivity index is 1.53. The number of likely N-dealkylation sites (tertiary alicyclic amines) is 1. The van der Waals surface area contributed by atoms with Crippen molar-refractivity contribution in [3.8, 4) is 22.5 Å². The van der Waals surface area contributed by atoms with E-state index in [-0.39, 0.29) is 0 Å². The van der Waals surface area contributed by atoms with Crippen molar-refractivity contribution in [1.29, 1.82) is 0 Å². The SMILES string of the molecule is C/C=N\C(=C/C)CN1CCC(c2c(-c3ccc4nc(NC)cn4n3)c(-c3ccc(C)cc3)nn2C)CC1. The molecule has 1 aliphatic rings. The Morgan fingerprint density at radius 1 is 1.08 bits per heavy atom. The van der Waals surface area contributed by atoms with Gasteiger partial charge in [-0.1, -0.05) is 35.9 Å². The van der Waals surface area contributed by atoms with Crippen molar-refractivity contribution in [2.75, 3.05) is 32.0 Å². The van der Waals surface area contributed by atoms with Gasteiger partial charge in [0.2, 0.25) is 0 Å². The lowest BCUT2D eigenvalue weighted by molar-refractivity contribution is 0.224. The molecule has 0 spiro atoms. The number of allylic oxidation sites excluding steroid dienone is 1. The molecule has 4 aromatic rings. The lowest BCUT2D eigenvalue weighted by Crippen LogP contribution is -2.34. The number of hydrogen-bond donors (Lipinski definition) is 1. The zero-order valence-electron chi connectivity index (χ0n) is 22.4. The fraction of sp³-hybridized carbons (Fsp3) is 0.379. The lowest BCUT2D eigenvalue weighted by Gasteiger charge is -2.32. The van der Waals surface area contributed by atoms with E-state index in [0.29, 0.717) is 5.92 Å². The Bertz CT molecular complexity index is 1430. The summed E-state index contributed by atoms with van der Waals surface area (Å²) in [5.41, 5.74) is 8.57. The molecule has 5 rings (SSSR count). The predicted molar refractivity (Wildman–Crippen MR) is 151 cm³/mol. The molecule has 1 aromatic carbocycles. The van der Waals surface area contributed by atoms with E-state index in [2.05, 4.69) is 82.2 Å². The van der Waals surface area contributed by atoms with Gasteiger partial charge in [0, 0.05) is 44.0 Å². The Labute approximate surface area is 218 Å². The maximum Gasteiger partial charge on any atom is 0.156 e. The van der Waals surface area contributed by atoms with E-state index in [9.17, 15) is 0 Å². The minimum atomic E-state index is 0.403. The monoisotopic (exact) mass is 496 g/mol. The zero-order chi connectivity index (χ0) is 25.9. The molecule has 3 aromatic heterocycles. The molecule has 1 saturated heterocycles. The van der Waals surface area contributed by atoms with Gasteiger partial charge in [0.25, 0.3) is 0 Å². The third-order valence-corrected chi connectivity index (χ3v) is 7.24. The van der Waals surface area contributed by atoms with E-state index < -0.39 is 0 Å². The molecule has 0 bridgehead atoms. The van der Waals surface area contributed by atoms with Crippen molar-refractivity contribution in [2.24, 2.45) is 12.0 Å². The van der Waals surface area contributed by atoms with Gasteiger partial charge in [-0.25, -0.2) is 9.50 Å². The minimum absolute atomic E-state index is 0.403. The van der Waals surface area contributed by atoms with Gasteiger partial charge in [-0.3, -0.25) is 14.6 Å². The van der Waals surface area contributed by atoms with Gasteiger partial charge in [0.05, 0.1) is 23.1 Å². The van der Waals surface area contributed by atoms with E-state index in [1.165, 1.54) is 11.3 Å². The molecule has 37 heavy (non-hydrogen) atoms. The van der Waals surface area contributed by atoms with Gasteiger partial charge >= 0.3 is 0 Å². The van der Waals surface area contributed by atoms with Crippen LogP contribution in [0.1, 0.15) is 43.9 Å². The summed E-state index contributed by atoms with van der Waals surface area (Å²) in [7, 11) is 3.95. The van der Waals surface area contributed by atoms with Crippen LogP contribution >= 0.6 is 0 Å². The number of imidazole rings is 1. The standard InChI is InChI=1S/C29H36N8/c1-6-23(31-7-2)18-36-16-14-22(15-17-36)29-27(24-12-13-26-32-25(30-4)19-37(26)33-24)28(34-35(29)5)21-10-8-20(3)9-11-21/h6-13,19,22,30H,14-18H2,1-5H3/b23-6-,31-7-. The van der Waals surface area contributed by atoms with Gasteiger partial charge in [0.1, 0.15) is 11.5 Å². The van der Waals surface area contributed by atoms with Crippen LogP contribution in [0.3, 0.4) is 0 Å². The average Bonchev–Trinajstić information content (AvgIpc) is 3.49. The molecule has 192 valence electrons. The van der Waals surface area contributed by atoms with Crippen LogP contribution in [0.25, 0.3) is 28.2 Å². The van der Waals surface area contributed by atoms with Crippen molar-refractivity contribution >= 4 is 17.7 Å². The number of anilines is 1. The normalized spacial score (nSPS) is 15.8. The number of aliphatic imine (C=N–C) groups is 1. The zero-order valence-corrected chi connectivity index (χ0v) is 22.4. The highest BCUT2D eigenvalue weighted by molar-refractivity contribution is 5.82. The first-order chi connectivity index (χ1) is 18.0. The maximum absolute atomic E-state index is 5.07. The lowest BCUT2D eigenvalue weighted by atomic mass is 9.88. The van der Waals surface area contributed by atoms with Crippen molar-refractivity contribution in [3.63, 3.8) is 0 Å². The number of rotatable bonds is 7. The average molecular weight is 497 g/mol. The van der Waals surface area contributed by atoms with E-state index in [1.807, 2.05) is 37.0 Å². The van der Waals surface area contributed by atoms with Crippen LogP contribution in [-0.2, 0) is 7.05 Å². The van der Waals surface area contributed by atoms with Crippen LogP contribution < -0.4 is 5.32 Å². The summed E-state index contributed by atoms with van der Waals surface area (Å²) in [6.07, 6.45) is 8.06. The molecule has 1 aliphatic heterocycles. The molecule has 0 aliphatic carbocycles. The van der Waals surface area contributed by atoms with Gasteiger partial charge in [-0.05, 0) is 58.8 Å². The molecule has 0 atom stereocenters. The quantitative estimate of drug-likeness (QED) is 0.351. The van der Waals surface area contributed by atoms with Crippen LogP contribution in [0.4, 0.5) is 5.82 Å². The van der Waals surface area contributed by atoms with E-state index in [1.54, 1.807) is 0 Å². The summed E-state index contributed by atoms with van der Waals surface area (Å²) in [6, 6.07) is 12.7. The topological polar surface area (TPSA) is 75.6 Å². The molecule has 4 heterocycles. The third-order valence-electron chi connectivity index (χ3n) is 7.24. The molecule has 0 amide bonds. The number of aryl methyl sites for hydroxylation is 2. The van der Waals surface area contributed by atoms with Gasteiger partial charge in [-0.15, -0.1) is 0 Å². The third kappa shape index (κ3) is 5.06. The van der Waals surface area contributed by atoms with Gasteiger partial charge in [0.15, 0.2) is 5.65 Å². The van der Waals surface area contributed by atoms with Crippen LogP contribution in [-0.4, -0.2) is 62.2 Å². The van der Waals surface area contributed by atoms with Crippen LogP contribution in [0.15, 0.2) is 59.4 Å². The fourth-order valence-electron chi connectivity index (χ4n) is 5.27. The molecule has 8 heteroatoms. The predicted octanol–water partition coefficient (Wildman–Crippen LogP) is 5.32. The number of nitrogens with one attached hydrogen (secondary N) is 1. The fourth-order valence-corrected chi connectivity index (χ4v) is 5.27. The number of hydrogen-bond acceptors (Lipinski definition) is 6. The second-order valence-electron chi connectivity index (χ2n) is 9.71. The molecule has 1 N–H and O–H groups in total. The number of piperidine rings is 1. The van der Waals surface area contributed by atoms with Crippen molar-refractivity contribution in [2.45, 2.75) is 39.5 Å². The first-order valence-corrected chi connectivity index (χ1v) is 13.1. The summed E-state index contributed by atoms with van der Waals surface area (Å²) in [6.45, 7) is 9.11. The van der Waals surface area contributed by atoms with Crippen molar-refractivity contribution in [3.05, 3.63) is 65.6 Å². The summed E-state index contributed by atoms with van der Waals surface area (Å²) in [5.74, 6) is 1.20. The highest BCUT2D eigenvalue weighted by Crippen LogP contribution is 2.40. The molecule has 0 saturated carbocycles. The van der Waals surface area contributed by atoms with Crippen molar-refractivity contribution in [1.82, 2.24) is 29.3 Å². The van der Waals surface area contributed by atoms with Crippen molar-refractivity contribution < 1.29 is 0 Å². The molecule has 0 radical (unpaired) electrons. The molecule has 1 fully saturated rings. The van der Waals surface area contributed by atoms with Crippen LogP contribution in [0, 0.1) is 6.92 Å². The van der Waals surface area contributed by atoms with E-state index in [0.717, 1.165) is 72.2 Å². The minimum Gasteiger partial charge on any atom is -0.372 e. The van der Waals surface area contributed by atoms with E-state index >= 15 is 0 Å². The number of fused-ring (bicyclic) bond motifs is 1. The Kier molecular flexibility index (Phi) is 7.19. The Hall–Kier alpha value is -3.78. The first kappa shape index (κ1) is 24.9. The molecular formula is C29H36N8. The second kappa shape index (κ2) is 10.7. The second-order valence-corrected chi connectivity index (χ2v) is 9.71. The van der Waals surface area contributed by atoms with Gasteiger partial charge < -0.3 is 5.32 Å². The molecular weight excluding hydrogens is 460 g/mol. The number of benzene rings is 1. The first-order valence-electron chi connectivity index (χ1n) is 13.1. The van der Waals surface area contributed by atoms with Crippen LogP contribution in [0.5, 0.6) is 0 Å². The smallest absolute Gasteiger partial charge is 0.156 e. The summed E-state index contributed by atoms with van der Waals surface area (Å²) in [5, 5.41) is 13.2. The largest absolute Gasteiger partial charge is 0.372 e. The Morgan fingerprint density at radius 2 is 1.84 bits per heavy atom. The van der Waals surface area contributed by atoms with Crippen LogP contribution in [0.2, 0.25) is 0 Å². The van der Waals surface area contributed by atoms with Gasteiger partial charge in [-0.2, -0.15) is 10.2 Å².